The number of dihydropyridines is 1. The number of nitrogens with two attached hydrogens (primary N) is 1. The zero-order valence-corrected chi connectivity index (χ0v) is 14.8. The van der Waals surface area contributed by atoms with Crippen LogP contribution in [0.1, 0.15) is 38.2 Å². The standard InChI is InChI=1S/C19H22N2O5/c1-3-4-9-24-19(23)26-17-11(2)21-14-10-25-18(22)16(14)15(17)12-7-5-6-8-13(12)20/h5-8,15,21H,3-4,9-10,20H2,1-2H3. The van der Waals surface area contributed by atoms with Crippen molar-refractivity contribution in [3.63, 3.8) is 0 Å². The smallest absolute Gasteiger partial charge is 0.456 e. The van der Waals surface area contributed by atoms with Crippen LogP contribution < -0.4 is 11.1 Å². The third-order valence-electron chi connectivity index (χ3n) is 4.37. The normalized spacial score (nSPS) is 19.0. The summed E-state index contributed by atoms with van der Waals surface area (Å²) in [5.74, 6) is -0.781. The number of carbonyl (C=O) groups is 2. The van der Waals surface area contributed by atoms with Gasteiger partial charge in [-0.05, 0) is 25.0 Å². The van der Waals surface area contributed by atoms with E-state index in [2.05, 4.69) is 5.32 Å². The number of benzene rings is 1. The number of carbonyl (C=O) groups excluding carboxylic acids is 2. The molecular formula is C19H22N2O5. The number of unbranched alkanes of at least 4 members (excludes halogenated alkanes) is 1. The number of ether oxygens (including phenoxy) is 3. The number of hydrogen-bond donors (Lipinski definition) is 2. The lowest BCUT2D eigenvalue weighted by atomic mass is 9.85. The molecule has 0 fully saturated rings. The van der Waals surface area contributed by atoms with E-state index in [0.717, 1.165) is 12.8 Å². The lowest BCUT2D eigenvalue weighted by Crippen LogP contribution is -2.28. The Labute approximate surface area is 151 Å². The van der Waals surface area contributed by atoms with Gasteiger partial charge in [0.1, 0.15) is 12.4 Å². The minimum absolute atomic E-state index is 0.156. The fourth-order valence-electron chi connectivity index (χ4n) is 3.07. The minimum atomic E-state index is -0.801. The SMILES string of the molecule is CCCCOC(=O)OC1=C(C)NC2=C(C(=O)OC2)C1c1ccccc1N. The maximum Gasteiger partial charge on any atom is 0.513 e. The van der Waals surface area contributed by atoms with Crippen molar-refractivity contribution < 1.29 is 23.8 Å². The van der Waals surface area contributed by atoms with E-state index >= 15 is 0 Å². The number of hydrogen-bond acceptors (Lipinski definition) is 7. The van der Waals surface area contributed by atoms with Crippen LogP contribution in [-0.2, 0) is 19.0 Å². The van der Waals surface area contributed by atoms with Gasteiger partial charge < -0.3 is 25.3 Å². The quantitative estimate of drug-likeness (QED) is 0.474. The minimum Gasteiger partial charge on any atom is -0.456 e. The predicted molar refractivity (Wildman–Crippen MR) is 94.8 cm³/mol. The third kappa shape index (κ3) is 3.37. The Hall–Kier alpha value is -2.96. The molecule has 138 valence electrons. The monoisotopic (exact) mass is 358 g/mol. The number of cyclic esters (lactones) is 1. The van der Waals surface area contributed by atoms with Gasteiger partial charge in [0, 0.05) is 5.69 Å². The molecule has 0 bridgehead atoms. The topological polar surface area (TPSA) is 99.9 Å². The van der Waals surface area contributed by atoms with Crippen LogP contribution >= 0.6 is 0 Å². The summed E-state index contributed by atoms with van der Waals surface area (Å²) in [7, 11) is 0. The summed E-state index contributed by atoms with van der Waals surface area (Å²) < 4.78 is 15.7. The van der Waals surface area contributed by atoms with Crippen molar-refractivity contribution in [3.05, 3.63) is 52.6 Å². The fourth-order valence-corrected chi connectivity index (χ4v) is 3.07. The van der Waals surface area contributed by atoms with E-state index < -0.39 is 18.0 Å². The highest BCUT2D eigenvalue weighted by atomic mass is 16.7. The van der Waals surface area contributed by atoms with Crippen molar-refractivity contribution in [1.29, 1.82) is 0 Å². The number of nitrogen functional groups attached to an aromatic ring is 1. The van der Waals surface area contributed by atoms with Gasteiger partial charge >= 0.3 is 12.1 Å². The summed E-state index contributed by atoms with van der Waals surface area (Å²) in [6, 6.07) is 7.17. The Kier molecular flexibility index (Phi) is 5.16. The largest absolute Gasteiger partial charge is 0.513 e. The molecule has 2 heterocycles. The zero-order chi connectivity index (χ0) is 18.7. The maximum absolute atomic E-state index is 12.3. The van der Waals surface area contributed by atoms with E-state index in [1.165, 1.54) is 0 Å². The average Bonchev–Trinajstić information content (AvgIpc) is 2.97. The Balaban J connectivity index is 1.95. The lowest BCUT2D eigenvalue weighted by molar-refractivity contribution is -0.136. The van der Waals surface area contributed by atoms with Crippen molar-refractivity contribution in [2.24, 2.45) is 0 Å². The van der Waals surface area contributed by atoms with Crippen molar-refractivity contribution in [3.8, 4) is 0 Å². The van der Waals surface area contributed by atoms with E-state index in [0.29, 0.717) is 34.0 Å². The van der Waals surface area contributed by atoms with Crippen LogP contribution in [0.2, 0.25) is 0 Å². The van der Waals surface area contributed by atoms with Gasteiger partial charge in [0.15, 0.2) is 0 Å². The van der Waals surface area contributed by atoms with Gasteiger partial charge in [0.2, 0.25) is 0 Å². The van der Waals surface area contributed by atoms with Gasteiger partial charge in [0.05, 0.1) is 29.5 Å². The molecule has 2 aliphatic rings. The Bertz CT molecular complexity index is 797. The highest BCUT2D eigenvalue weighted by Crippen LogP contribution is 2.43. The van der Waals surface area contributed by atoms with Crippen LogP contribution in [-0.4, -0.2) is 25.3 Å². The second-order valence-electron chi connectivity index (χ2n) is 6.20. The van der Waals surface area contributed by atoms with Crippen LogP contribution in [0.4, 0.5) is 10.5 Å². The van der Waals surface area contributed by atoms with Crippen LogP contribution in [0.15, 0.2) is 47.0 Å². The van der Waals surface area contributed by atoms with Gasteiger partial charge in [-0.2, -0.15) is 0 Å². The maximum atomic E-state index is 12.3. The molecule has 1 atom stereocenters. The van der Waals surface area contributed by atoms with Crippen LogP contribution in [0.25, 0.3) is 0 Å². The van der Waals surface area contributed by atoms with Gasteiger partial charge in [-0.25, -0.2) is 9.59 Å². The van der Waals surface area contributed by atoms with Crippen molar-refractivity contribution in [1.82, 2.24) is 5.32 Å². The molecule has 0 aliphatic carbocycles. The second kappa shape index (κ2) is 7.51. The van der Waals surface area contributed by atoms with Crippen molar-refractivity contribution >= 4 is 17.8 Å². The third-order valence-corrected chi connectivity index (χ3v) is 4.37. The fraction of sp³-hybridized carbons (Fsp3) is 0.368. The Morgan fingerprint density at radius 1 is 1.38 bits per heavy atom. The van der Waals surface area contributed by atoms with E-state index in [4.69, 9.17) is 19.9 Å². The van der Waals surface area contributed by atoms with Crippen LogP contribution in [0, 0.1) is 0 Å². The van der Waals surface area contributed by atoms with E-state index in [1.54, 1.807) is 25.1 Å². The van der Waals surface area contributed by atoms with Gasteiger partial charge in [-0.3, -0.25) is 0 Å². The van der Waals surface area contributed by atoms with Gasteiger partial charge in [-0.1, -0.05) is 31.5 Å². The molecule has 0 saturated heterocycles. The second-order valence-corrected chi connectivity index (χ2v) is 6.20. The van der Waals surface area contributed by atoms with Crippen molar-refractivity contribution in [2.75, 3.05) is 18.9 Å². The molecular weight excluding hydrogens is 336 g/mol. The summed E-state index contributed by atoms with van der Waals surface area (Å²) in [6.07, 6.45) is 0.855. The Morgan fingerprint density at radius 2 is 2.15 bits per heavy atom. The molecule has 0 amide bonds. The van der Waals surface area contributed by atoms with Crippen LogP contribution in [0.3, 0.4) is 0 Å². The highest BCUT2D eigenvalue weighted by Gasteiger charge is 2.41. The molecule has 26 heavy (non-hydrogen) atoms. The molecule has 0 spiro atoms. The molecule has 1 unspecified atom stereocenters. The molecule has 7 nitrogen and oxygen atoms in total. The molecule has 3 N–H and O–H groups in total. The number of allylic oxidation sites excluding steroid dienone is 2. The predicted octanol–water partition coefficient (Wildman–Crippen LogP) is 2.95. The number of nitrogens with one attached hydrogen (secondary N) is 1. The van der Waals surface area contributed by atoms with E-state index in [9.17, 15) is 9.59 Å². The molecule has 0 radical (unpaired) electrons. The lowest BCUT2D eigenvalue weighted by Gasteiger charge is -2.28. The Morgan fingerprint density at radius 3 is 2.88 bits per heavy atom. The number of para-hydroxylation sites is 1. The van der Waals surface area contributed by atoms with Crippen LogP contribution in [0.5, 0.6) is 0 Å². The first-order valence-corrected chi connectivity index (χ1v) is 8.59. The summed E-state index contributed by atoms with van der Waals surface area (Å²) in [5.41, 5.74) is 8.98. The molecule has 7 heteroatoms. The molecule has 3 rings (SSSR count). The first-order chi connectivity index (χ1) is 12.5. The summed E-state index contributed by atoms with van der Waals surface area (Å²) >= 11 is 0. The number of rotatable bonds is 5. The van der Waals surface area contributed by atoms with E-state index in [1.807, 2.05) is 13.0 Å². The first kappa shape index (κ1) is 17.8. The van der Waals surface area contributed by atoms with E-state index in [-0.39, 0.29) is 13.2 Å². The van der Waals surface area contributed by atoms with Crippen molar-refractivity contribution in [2.45, 2.75) is 32.6 Å². The molecule has 0 aromatic heterocycles. The van der Waals surface area contributed by atoms with Gasteiger partial charge in [-0.15, -0.1) is 0 Å². The summed E-state index contributed by atoms with van der Waals surface area (Å²) in [5, 5.41) is 3.09. The molecule has 1 aromatic rings. The zero-order valence-electron chi connectivity index (χ0n) is 14.8. The first-order valence-electron chi connectivity index (χ1n) is 8.59. The summed E-state index contributed by atoms with van der Waals surface area (Å²) in [4.78, 5) is 24.4. The summed E-state index contributed by atoms with van der Waals surface area (Å²) in [6.45, 7) is 4.21. The number of esters is 1. The molecule has 2 aliphatic heterocycles. The molecule has 0 saturated carbocycles. The highest BCUT2D eigenvalue weighted by molar-refractivity contribution is 5.95. The molecule has 1 aromatic carbocycles. The van der Waals surface area contributed by atoms with Gasteiger partial charge in [0.25, 0.3) is 0 Å². The average molecular weight is 358 g/mol. The number of anilines is 1.